The van der Waals surface area contributed by atoms with Crippen LogP contribution in [0.1, 0.15) is 17.3 Å². The fourth-order valence-electron chi connectivity index (χ4n) is 1.87. The van der Waals surface area contributed by atoms with Crippen LogP contribution in [-0.4, -0.2) is 22.5 Å². The molecule has 7 nitrogen and oxygen atoms in total. The number of carbonyl (C=O) groups excluding carboxylic acids is 1. The van der Waals surface area contributed by atoms with Crippen LogP contribution in [0.5, 0.6) is 5.75 Å². The molecule has 8 heteroatoms. The van der Waals surface area contributed by atoms with Crippen molar-refractivity contribution in [3.8, 4) is 5.75 Å². The Morgan fingerprint density at radius 2 is 1.79 bits per heavy atom. The molecule has 0 aliphatic rings. The van der Waals surface area contributed by atoms with Crippen molar-refractivity contribution < 1.29 is 14.5 Å². The molecule has 0 aliphatic heterocycles. The van der Waals surface area contributed by atoms with Gasteiger partial charge in [-0.3, -0.25) is 20.2 Å². The van der Waals surface area contributed by atoms with Gasteiger partial charge in [-0.25, -0.2) is 0 Å². The topological polar surface area (TPSA) is 93.5 Å². The quantitative estimate of drug-likeness (QED) is 0.491. The van der Waals surface area contributed by atoms with Crippen molar-refractivity contribution >= 4 is 34.6 Å². The molecule has 0 bridgehead atoms. The summed E-state index contributed by atoms with van der Waals surface area (Å²) in [5.41, 5.74) is 0.894. The average molecular weight is 345 g/mol. The first kappa shape index (κ1) is 17.4. The van der Waals surface area contributed by atoms with Gasteiger partial charge in [-0.05, 0) is 55.5 Å². The summed E-state index contributed by atoms with van der Waals surface area (Å²) in [4.78, 5) is 22.1. The van der Waals surface area contributed by atoms with Crippen molar-refractivity contribution in [3.05, 3.63) is 64.2 Å². The molecule has 2 aromatic carbocycles. The molecule has 0 heterocycles. The molecular formula is C16H15N3O4S. The van der Waals surface area contributed by atoms with Crippen molar-refractivity contribution in [1.29, 1.82) is 0 Å². The Morgan fingerprint density at radius 3 is 2.33 bits per heavy atom. The maximum atomic E-state index is 12.0. The second kappa shape index (κ2) is 8.02. The number of nitrogens with zero attached hydrogens (tertiary/aromatic N) is 1. The largest absolute Gasteiger partial charge is 0.494 e. The third-order valence-electron chi connectivity index (χ3n) is 2.99. The van der Waals surface area contributed by atoms with Gasteiger partial charge in [0.2, 0.25) is 0 Å². The number of hydrogen-bond donors (Lipinski definition) is 2. The van der Waals surface area contributed by atoms with Gasteiger partial charge in [0.15, 0.2) is 5.11 Å². The first-order valence-electron chi connectivity index (χ1n) is 7.09. The molecule has 0 spiro atoms. The van der Waals surface area contributed by atoms with E-state index in [1.165, 1.54) is 24.3 Å². The Labute approximate surface area is 143 Å². The Kier molecular flexibility index (Phi) is 5.80. The lowest BCUT2D eigenvalue weighted by Gasteiger charge is -2.10. The number of rotatable bonds is 5. The van der Waals surface area contributed by atoms with Crippen LogP contribution in [0.15, 0.2) is 48.5 Å². The van der Waals surface area contributed by atoms with Gasteiger partial charge in [0.25, 0.3) is 11.6 Å². The van der Waals surface area contributed by atoms with Crippen molar-refractivity contribution in [3.63, 3.8) is 0 Å². The van der Waals surface area contributed by atoms with Crippen LogP contribution >= 0.6 is 12.2 Å². The third-order valence-corrected chi connectivity index (χ3v) is 3.19. The van der Waals surface area contributed by atoms with Crippen LogP contribution in [0.25, 0.3) is 0 Å². The second-order valence-corrected chi connectivity index (χ2v) is 5.08. The number of non-ortho nitro benzene ring substituents is 1. The number of amides is 1. The number of anilines is 1. The molecule has 2 N–H and O–H groups in total. The monoisotopic (exact) mass is 345 g/mol. The van der Waals surface area contributed by atoms with E-state index < -0.39 is 10.8 Å². The highest BCUT2D eigenvalue weighted by atomic mass is 32.1. The van der Waals surface area contributed by atoms with E-state index in [9.17, 15) is 14.9 Å². The van der Waals surface area contributed by atoms with Crippen LogP contribution in [0.2, 0.25) is 0 Å². The van der Waals surface area contributed by atoms with E-state index in [4.69, 9.17) is 17.0 Å². The highest BCUT2D eigenvalue weighted by molar-refractivity contribution is 7.80. The zero-order valence-corrected chi connectivity index (χ0v) is 13.6. The van der Waals surface area contributed by atoms with Gasteiger partial charge in [0.1, 0.15) is 5.75 Å². The molecule has 124 valence electrons. The zero-order chi connectivity index (χ0) is 17.5. The normalized spacial score (nSPS) is 9.88. The molecule has 0 fully saturated rings. The second-order valence-electron chi connectivity index (χ2n) is 4.67. The molecular weight excluding hydrogens is 330 g/mol. The van der Waals surface area contributed by atoms with Gasteiger partial charge >= 0.3 is 0 Å². The van der Waals surface area contributed by atoms with Gasteiger partial charge in [-0.2, -0.15) is 0 Å². The van der Waals surface area contributed by atoms with Gasteiger partial charge in [0.05, 0.1) is 11.5 Å². The highest BCUT2D eigenvalue weighted by Crippen LogP contribution is 2.15. The van der Waals surface area contributed by atoms with Gasteiger partial charge in [0, 0.05) is 23.4 Å². The van der Waals surface area contributed by atoms with Crippen molar-refractivity contribution in [2.45, 2.75) is 6.92 Å². The molecule has 0 aliphatic carbocycles. The molecule has 1 amide bonds. The maximum absolute atomic E-state index is 12.0. The zero-order valence-electron chi connectivity index (χ0n) is 12.8. The predicted molar refractivity (Wildman–Crippen MR) is 94.4 cm³/mol. The molecule has 0 unspecified atom stereocenters. The number of carbonyl (C=O) groups is 1. The number of thiocarbonyl (C=S) groups is 1. The Balaban J connectivity index is 1.93. The number of nitro benzene ring substituents is 1. The lowest BCUT2D eigenvalue weighted by molar-refractivity contribution is -0.384. The summed E-state index contributed by atoms with van der Waals surface area (Å²) in [5.74, 6) is 0.289. The van der Waals surface area contributed by atoms with Gasteiger partial charge in [-0.1, -0.05) is 0 Å². The minimum atomic E-state index is -0.528. The fraction of sp³-hybridized carbons (Fsp3) is 0.125. The SMILES string of the molecule is CCOc1ccc(NC(=S)NC(=O)c2ccc([N+](=O)[O-])cc2)cc1. The van der Waals surface area contributed by atoms with E-state index in [1.807, 2.05) is 6.92 Å². The van der Waals surface area contributed by atoms with E-state index >= 15 is 0 Å². The molecule has 0 saturated heterocycles. The van der Waals surface area contributed by atoms with Crippen LogP contribution in [0, 0.1) is 10.1 Å². The highest BCUT2D eigenvalue weighted by Gasteiger charge is 2.11. The number of ether oxygens (including phenoxy) is 1. The fourth-order valence-corrected chi connectivity index (χ4v) is 2.08. The van der Waals surface area contributed by atoms with Crippen LogP contribution < -0.4 is 15.4 Å². The molecule has 2 aromatic rings. The van der Waals surface area contributed by atoms with Crippen LogP contribution in [0.3, 0.4) is 0 Å². The Morgan fingerprint density at radius 1 is 1.17 bits per heavy atom. The smallest absolute Gasteiger partial charge is 0.269 e. The molecule has 0 radical (unpaired) electrons. The summed E-state index contributed by atoms with van der Waals surface area (Å²) >= 11 is 5.08. The van der Waals surface area contributed by atoms with Crippen molar-refractivity contribution in [2.75, 3.05) is 11.9 Å². The minimum Gasteiger partial charge on any atom is -0.494 e. The van der Waals surface area contributed by atoms with E-state index in [0.717, 1.165) is 5.75 Å². The predicted octanol–water partition coefficient (Wildman–Crippen LogP) is 3.12. The van der Waals surface area contributed by atoms with Gasteiger partial charge in [-0.15, -0.1) is 0 Å². The van der Waals surface area contributed by atoms with Crippen LogP contribution in [-0.2, 0) is 0 Å². The molecule has 24 heavy (non-hydrogen) atoms. The Bertz CT molecular complexity index is 745. The maximum Gasteiger partial charge on any atom is 0.269 e. The summed E-state index contributed by atoms with van der Waals surface area (Å²) < 4.78 is 5.34. The first-order valence-corrected chi connectivity index (χ1v) is 7.50. The van der Waals surface area contributed by atoms with Crippen molar-refractivity contribution in [1.82, 2.24) is 5.32 Å². The summed E-state index contributed by atoms with van der Waals surface area (Å²) in [6.07, 6.45) is 0. The summed E-state index contributed by atoms with van der Waals surface area (Å²) in [5, 5.41) is 16.1. The van der Waals surface area contributed by atoms with Crippen molar-refractivity contribution in [2.24, 2.45) is 0 Å². The lowest BCUT2D eigenvalue weighted by atomic mass is 10.2. The standard InChI is InChI=1S/C16H15N3O4S/c1-2-23-14-9-5-12(6-10-14)17-16(24)18-15(20)11-3-7-13(8-4-11)19(21)22/h3-10H,2H2,1H3,(H2,17,18,20,24). The number of hydrogen-bond acceptors (Lipinski definition) is 5. The molecule has 0 atom stereocenters. The molecule has 0 saturated carbocycles. The first-order chi connectivity index (χ1) is 11.5. The third kappa shape index (κ3) is 4.75. The molecule has 0 aromatic heterocycles. The van der Waals surface area contributed by atoms with E-state index in [-0.39, 0.29) is 16.4 Å². The number of nitrogens with one attached hydrogen (secondary N) is 2. The summed E-state index contributed by atoms with van der Waals surface area (Å²) in [7, 11) is 0. The summed E-state index contributed by atoms with van der Waals surface area (Å²) in [6.45, 7) is 2.48. The van der Waals surface area contributed by atoms with E-state index in [0.29, 0.717) is 12.3 Å². The number of nitro groups is 1. The average Bonchev–Trinajstić information content (AvgIpc) is 2.57. The lowest BCUT2D eigenvalue weighted by Crippen LogP contribution is -2.34. The van der Waals surface area contributed by atoms with Gasteiger partial charge < -0.3 is 10.1 Å². The van der Waals surface area contributed by atoms with E-state index in [1.54, 1.807) is 24.3 Å². The summed E-state index contributed by atoms with van der Waals surface area (Å²) in [6, 6.07) is 12.4. The minimum absolute atomic E-state index is 0.0818. The van der Waals surface area contributed by atoms with E-state index in [2.05, 4.69) is 10.6 Å². The Hall–Kier alpha value is -3.00. The number of benzene rings is 2. The van der Waals surface area contributed by atoms with Crippen LogP contribution in [0.4, 0.5) is 11.4 Å². The molecule has 2 rings (SSSR count).